The zero-order chi connectivity index (χ0) is 28.6. The van der Waals surface area contributed by atoms with Crippen LogP contribution in [-0.4, -0.2) is 52.0 Å². The smallest absolute Gasteiger partial charge is 0.410 e. The maximum atomic E-state index is 13.2. The topological polar surface area (TPSA) is 89.0 Å². The number of ketones is 1. The quantitative estimate of drug-likeness (QED) is 0.369. The number of para-hydroxylation sites is 1. The summed E-state index contributed by atoms with van der Waals surface area (Å²) < 4.78 is 11.5. The van der Waals surface area contributed by atoms with Gasteiger partial charge >= 0.3 is 6.09 Å². The summed E-state index contributed by atoms with van der Waals surface area (Å²) in [6.45, 7) is 10.1. The van der Waals surface area contributed by atoms with Gasteiger partial charge in [-0.15, -0.1) is 0 Å². The average Bonchev–Trinajstić information content (AvgIpc) is 3.17. The molecule has 5 rings (SSSR count). The molecule has 3 heterocycles. The Morgan fingerprint density at radius 2 is 1.93 bits per heavy atom. The van der Waals surface area contributed by atoms with E-state index in [1.165, 1.54) is 11.8 Å². The van der Waals surface area contributed by atoms with Crippen molar-refractivity contribution in [3.63, 3.8) is 0 Å². The van der Waals surface area contributed by atoms with Crippen LogP contribution >= 0.6 is 0 Å². The van der Waals surface area contributed by atoms with E-state index in [2.05, 4.69) is 0 Å². The molecular formula is C32H35N3O5. The van der Waals surface area contributed by atoms with Crippen LogP contribution in [-0.2, 0) is 20.8 Å². The summed E-state index contributed by atoms with van der Waals surface area (Å²) in [5.41, 5.74) is 3.08. The number of carbonyl (C=O) groups is 3. The summed E-state index contributed by atoms with van der Waals surface area (Å²) in [6, 6.07) is 16.8. The number of pyridine rings is 1. The summed E-state index contributed by atoms with van der Waals surface area (Å²) in [6.07, 6.45) is 2.93. The fourth-order valence-electron chi connectivity index (χ4n) is 5.33. The first-order valence-corrected chi connectivity index (χ1v) is 13.7. The van der Waals surface area contributed by atoms with Crippen LogP contribution in [0.4, 0.5) is 10.5 Å². The van der Waals surface area contributed by atoms with E-state index in [9.17, 15) is 14.4 Å². The van der Waals surface area contributed by atoms with Crippen molar-refractivity contribution >= 4 is 40.4 Å². The van der Waals surface area contributed by atoms with E-state index in [4.69, 9.17) is 14.5 Å². The Kier molecular flexibility index (Phi) is 7.47. The monoisotopic (exact) mass is 541 g/mol. The molecule has 2 amide bonds. The fourth-order valence-corrected chi connectivity index (χ4v) is 5.33. The Balaban J connectivity index is 1.42. The number of anilines is 1. The van der Waals surface area contributed by atoms with Crippen molar-refractivity contribution in [3.05, 3.63) is 77.1 Å². The van der Waals surface area contributed by atoms with Crippen molar-refractivity contribution < 1.29 is 23.9 Å². The van der Waals surface area contributed by atoms with Gasteiger partial charge < -0.3 is 14.4 Å². The van der Waals surface area contributed by atoms with Gasteiger partial charge in [-0.05, 0) is 82.5 Å². The zero-order valence-corrected chi connectivity index (χ0v) is 23.6. The number of rotatable bonds is 4. The second-order valence-electron chi connectivity index (χ2n) is 11.5. The molecule has 1 saturated heterocycles. The van der Waals surface area contributed by atoms with Crippen LogP contribution in [0, 0.1) is 0 Å². The fraction of sp³-hybridized carbons (Fsp3) is 0.375. The normalized spacial score (nSPS) is 20.1. The molecule has 0 aliphatic carbocycles. The SMILES string of the molecule is CC(=O)N1/C(=C\c2ccc3cc(CN(C(=O)OC(C)(C)C)C4CCO[C@H](C)C4)ccc3n2)C(=O)c2ccccc21. The number of hydrogen-bond donors (Lipinski definition) is 0. The van der Waals surface area contributed by atoms with Crippen molar-refractivity contribution in [2.45, 2.75) is 71.8 Å². The molecule has 0 bridgehead atoms. The third kappa shape index (κ3) is 5.77. The Morgan fingerprint density at radius 1 is 1.15 bits per heavy atom. The third-order valence-corrected chi connectivity index (χ3v) is 7.12. The number of amides is 2. The molecule has 8 heteroatoms. The molecule has 2 atom stereocenters. The van der Waals surface area contributed by atoms with Crippen LogP contribution in [0.3, 0.4) is 0 Å². The molecule has 0 N–H and O–H groups in total. The molecule has 0 spiro atoms. The highest BCUT2D eigenvalue weighted by Gasteiger charge is 2.35. The van der Waals surface area contributed by atoms with Crippen molar-refractivity contribution in [3.8, 4) is 0 Å². The predicted molar refractivity (Wildman–Crippen MR) is 154 cm³/mol. The number of ether oxygens (including phenoxy) is 2. The molecular weight excluding hydrogens is 506 g/mol. The maximum absolute atomic E-state index is 13.2. The lowest BCUT2D eigenvalue weighted by Crippen LogP contribution is -2.46. The molecule has 1 unspecified atom stereocenters. The van der Waals surface area contributed by atoms with Gasteiger partial charge in [0.1, 0.15) is 5.60 Å². The Bertz CT molecular complexity index is 1510. The molecule has 2 aliphatic heterocycles. The number of nitrogens with zero attached hydrogens (tertiary/aromatic N) is 3. The van der Waals surface area contributed by atoms with Crippen LogP contribution in [0.1, 0.15) is 69.1 Å². The van der Waals surface area contributed by atoms with Gasteiger partial charge in [-0.3, -0.25) is 14.5 Å². The molecule has 2 aliphatic rings. The van der Waals surface area contributed by atoms with Crippen LogP contribution in [0.2, 0.25) is 0 Å². The lowest BCUT2D eigenvalue weighted by molar-refractivity contribution is -0.116. The minimum absolute atomic E-state index is 0.0266. The molecule has 8 nitrogen and oxygen atoms in total. The van der Waals surface area contributed by atoms with Crippen LogP contribution in [0.15, 0.2) is 60.3 Å². The van der Waals surface area contributed by atoms with Crippen molar-refractivity contribution in [1.29, 1.82) is 0 Å². The highest BCUT2D eigenvalue weighted by atomic mass is 16.6. The molecule has 1 fully saturated rings. The van der Waals surface area contributed by atoms with Gasteiger partial charge in [0, 0.05) is 37.1 Å². The molecule has 2 aromatic carbocycles. The highest BCUT2D eigenvalue weighted by Crippen LogP contribution is 2.35. The Morgan fingerprint density at radius 3 is 2.65 bits per heavy atom. The van der Waals surface area contributed by atoms with Crippen LogP contribution in [0.5, 0.6) is 0 Å². The first-order chi connectivity index (χ1) is 19.0. The van der Waals surface area contributed by atoms with Crippen molar-refractivity contribution in [2.75, 3.05) is 11.5 Å². The van der Waals surface area contributed by atoms with E-state index >= 15 is 0 Å². The lowest BCUT2D eigenvalue weighted by atomic mass is 10.0. The first kappa shape index (κ1) is 27.5. The summed E-state index contributed by atoms with van der Waals surface area (Å²) in [5.74, 6) is -0.434. The summed E-state index contributed by atoms with van der Waals surface area (Å²) >= 11 is 0. The first-order valence-electron chi connectivity index (χ1n) is 13.7. The summed E-state index contributed by atoms with van der Waals surface area (Å²) in [4.78, 5) is 46.7. The minimum atomic E-state index is -0.593. The van der Waals surface area contributed by atoms with Gasteiger partial charge in [0.15, 0.2) is 0 Å². The van der Waals surface area contributed by atoms with Gasteiger partial charge in [0.05, 0.1) is 28.7 Å². The predicted octanol–water partition coefficient (Wildman–Crippen LogP) is 6.13. The molecule has 208 valence electrons. The van der Waals surface area contributed by atoms with Gasteiger partial charge in [-0.25, -0.2) is 9.78 Å². The molecule has 0 radical (unpaired) electrons. The number of aromatic nitrogens is 1. The second-order valence-corrected chi connectivity index (χ2v) is 11.5. The average molecular weight is 542 g/mol. The van der Waals surface area contributed by atoms with Crippen LogP contribution in [0.25, 0.3) is 17.0 Å². The molecule has 1 aromatic heterocycles. The van der Waals surface area contributed by atoms with E-state index < -0.39 is 5.60 Å². The van der Waals surface area contributed by atoms with E-state index in [0.717, 1.165) is 29.3 Å². The Hall–Kier alpha value is -4.04. The zero-order valence-electron chi connectivity index (χ0n) is 23.6. The van der Waals surface area contributed by atoms with Gasteiger partial charge in [-0.2, -0.15) is 0 Å². The van der Waals surface area contributed by atoms with Gasteiger partial charge in [-0.1, -0.05) is 24.3 Å². The summed E-state index contributed by atoms with van der Waals surface area (Å²) in [5, 5.41) is 0.911. The highest BCUT2D eigenvalue weighted by molar-refractivity contribution is 6.26. The Labute approximate surface area is 234 Å². The van der Waals surface area contributed by atoms with Crippen LogP contribution < -0.4 is 4.90 Å². The number of allylic oxidation sites excluding steroid dienone is 1. The molecule has 3 aromatic rings. The molecule has 0 saturated carbocycles. The number of benzene rings is 2. The van der Waals surface area contributed by atoms with E-state index in [-0.39, 0.29) is 35.6 Å². The van der Waals surface area contributed by atoms with E-state index in [1.807, 2.05) is 69.0 Å². The molecule has 40 heavy (non-hydrogen) atoms. The maximum Gasteiger partial charge on any atom is 0.410 e. The van der Waals surface area contributed by atoms with E-state index in [0.29, 0.717) is 30.1 Å². The lowest BCUT2D eigenvalue weighted by Gasteiger charge is -2.37. The van der Waals surface area contributed by atoms with Crippen molar-refractivity contribution in [2.24, 2.45) is 0 Å². The third-order valence-electron chi connectivity index (χ3n) is 7.12. The van der Waals surface area contributed by atoms with E-state index in [1.54, 1.807) is 24.3 Å². The standard InChI is InChI=1S/C32H35N3O5/c1-20-16-25(14-15-39-20)34(31(38)40-32(3,4)5)19-22-10-13-27-23(17-22)11-12-24(33-27)18-29-30(37)26-8-6-7-9-28(26)35(29)21(2)36/h6-13,17-18,20,25H,14-16,19H2,1-5H3/b29-18-/t20-,25?/m1/s1. The van der Waals surface area contributed by atoms with Crippen molar-refractivity contribution in [1.82, 2.24) is 9.88 Å². The number of hydrogen-bond acceptors (Lipinski definition) is 6. The largest absolute Gasteiger partial charge is 0.444 e. The van der Waals surface area contributed by atoms with Gasteiger partial charge in [0.2, 0.25) is 11.7 Å². The number of fused-ring (bicyclic) bond motifs is 2. The number of Topliss-reactive ketones (excluding diaryl/α,β-unsaturated/α-hetero) is 1. The number of carbonyl (C=O) groups excluding carboxylic acids is 3. The van der Waals surface area contributed by atoms with Gasteiger partial charge in [0.25, 0.3) is 0 Å². The second kappa shape index (κ2) is 10.8. The minimum Gasteiger partial charge on any atom is -0.444 e. The summed E-state index contributed by atoms with van der Waals surface area (Å²) in [7, 11) is 0.